The maximum Gasteiger partial charge on any atom is 0.263 e. The SMILES string of the molecule is CN(C)CCN/C=C(/C#N)C(=O)NC1CCCCC1. The van der Waals surface area contributed by atoms with E-state index in [-0.39, 0.29) is 17.5 Å². The van der Waals surface area contributed by atoms with Gasteiger partial charge in [-0.3, -0.25) is 4.79 Å². The van der Waals surface area contributed by atoms with E-state index in [0.717, 1.165) is 38.8 Å². The molecule has 5 heteroatoms. The molecule has 1 saturated carbocycles. The van der Waals surface area contributed by atoms with E-state index in [9.17, 15) is 4.79 Å². The van der Waals surface area contributed by atoms with Crippen LogP contribution in [0.3, 0.4) is 0 Å². The average Bonchev–Trinajstić information content (AvgIpc) is 2.39. The number of nitriles is 1. The molecule has 19 heavy (non-hydrogen) atoms. The van der Waals surface area contributed by atoms with Crippen molar-refractivity contribution in [3.05, 3.63) is 11.8 Å². The lowest BCUT2D eigenvalue weighted by atomic mass is 9.95. The second-order valence-corrected chi connectivity index (χ2v) is 5.24. The van der Waals surface area contributed by atoms with Gasteiger partial charge in [-0.25, -0.2) is 0 Å². The largest absolute Gasteiger partial charge is 0.388 e. The van der Waals surface area contributed by atoms with Crippen molar-refractivity contribution in [2.75, 3.05) is 27.2 Å². The smallest absolute Gasteiger partial charge is 0.263 e. The molecule has 1 amide bonds. The Bertz CT molecular complexity index is 351. The van der Waals surface area contributed by atoms with Crippen molar-refractivity contribution in [1.29, 1.82) is 5.26 Å². The van der Waals surface area contributed by atoms with E-state index in [1.54, 1.807) is 0 Å². The van der Waals surface area contributed by atoms with Crippen LogP contribution in [-0.4, -0.2) is 44.0 Å². The van der Waals surface area contributed by atoms with E-state index in [1.807, 2.05) is 25.1 Å². The van der Waals surface area contributed by atoms with Crippen molar-refractivity contribution in [3.63, 3.8) is 0 Å². The van der Waals surface area contributed by atoms with Crippen LogP contribution in [-0.2, 0) is 4.79 Å². The Hall–Kier alpha value is -1.54. The molecule has 0 unspecified atom stereocenters. The second-order valence-electron chi connectivity index (χ2n) is 5.24. The predicted molar refractivity (Wildman–Crippen MR) is 75.3 cm³/mol. The van der Waals surface area contributed by atoms with Crippen LogP contribution in [0.5, 0.6) is 0 Å². The van der Waals surface area contributed by atoms with E-state index in [2.05, 4.69) is 10.6 Å². The predicted octanol–water partition coefficient (Wildman–Crippen LogP) is 0.994. The summed E-state index contributed by atoms with van der Waals surface area (Å²) in [4.78, 5) is 14.0. The molecule has 0 aromatic rings. The fraction of sp³-hybridized carbons (Fsp3) is 0.714. The number of amides is 1. The van der Waals surface area contributed by atoms with Gasteiger partial charge in [-0.2, -0.15) is 5.26 Å². The Kier molecular flexibility index (Phi) is 6.98. The Labute approximate surface area is 115 Å². The van der Waals surface area contributed by atoms with E-state index in [0.29, 0.717) is 0 Å². The number of carbonyl (C=O) groups excluding carboxylic acids is 1. The lowest BCUT2D eigenvalue weighted by Crippen LogP contribution is -2.37. The zero-order valence-electron chi connectivity index (χ0n) is 11.9. The van der Waals surface area contributed by atoms with Crippen molar-refractivity contribution < 1.29 is 4.79 Å². The summed E-state index contributed by atoms with van der Waals surface area (Å²) >= 11 is 0. The fourth-order valence-electron chi connectivity index (χ4n) is 2.12. The van der Waals surface area contributed by atoms with Crippen molar-refractivity contribution in [2.45, 2.75) is 38.1 Å². The normalized spacial score (nSPS) is 17.1. The monoisotopic (exact) mass is 264 g/mol. The molecule has 0 spiro atoms. The van der Waals surface area contributed by atoms with Crippen LogP contribution >= 0.6 is 0 Å². The third kappa shape index (κ3) is 6.25. The number of rotatable bonds is 6. The number of likely N-dealkylation sites (N-methyl/N-ethyl adjacent to an activating group) is 1. The van der Waals surface area contributed by atoms with Gasteiger partial charge < -0.3 is 15.5 Å². The number of nitrogens with one attached hydrogen (secondary N) is 2. The van der Waals surface area contributed by atoms with Crippen LogP contribution in [0.4, 0.5) is 0 Å². The summed E-state index contributed by atoms with van der Waals surface area (Å²) in [6.45, 7) is 1.58. The van der Waals surface area contributed by atoms with Crippen molar-refractivity contribution in [1.82, 2.24) is 15.5 Å². The van der Waals surface area contributed by atoms with Crippen LogP contribution in [0.1, 0.15) is 32.1 Å². The molecule has 1 rings (SSSR count). The van der Waals surface area contributed by atoms with Gasteiger partial charge in [0.2, 0.25) is 0 Å². The van der Waals surface area contributed by atoms with Crippen LogP contribution in [0, 0.1) is 11.3 Å². The van der Waals surface area contributed by atoms with E-state index in [4.69, 9.17) is 5.26 Å². The molecule has 0 atom stereocenters. The highest BCUT2D eigenvalue weighted by atomic mass is 16.1. The van der Waals surface area contributed by atoms with E-state index in [1.165, 1.54) is 12.6 Å². The number of carbonyl (C=O) groups is 1. The highest BCUT2D eigenvalue weighted by Gasteiger charge is 2.17. The van der Waals surface area contributed by atoms with Gasteiger partial charge in [-0.1, -0.05) is 19.3 Å². The van der Waals surface area contributed by atoms with Crippen LogP contribution in [0.2, 0.25) is 0 Å². The zero-order valence-corrected chi connectivity index (χ0v) is 11.9. The first-order valence-electron chi connectivity index (χ1n) is 6.92. The number of hydrogen-bond acceptors (Lipinski definition) is 4. The number of hydrogen-bond donors (Lipinski definition) is 2. The summed E-state index contributed by atoms with van der Waals surface area (Å²) in [6.07, 6.45) is 7.15. The van der Waals surface area contributed by atoms with Gasteiger partial charge in [-0.15, -0.1) is 0 Å². The zero-order chi connectivity index (χ0) is 14.1. The summed E-state index contributed by atoms with van der Waals surface area (Å²) in [5, 5.41) is 14.9. The summed E-state index contributed by atoms with van der Waals surface area (Å²) in [6, 6.07) is 2.19. The van der Waals surface area contributed by atoms with Gasteiger partial charge in [0.25, 0.3) is 5.91 Å². The molecule has 0 bridgehead atoms. The van der Waals surface area contributed by atoms with Gasteiger partial charge in [0.15, 0.2) is 0 Å². The molecule has 1 fully saturated rings. The van der Waals surface area contributed by atoms with Crippen molar-refractivity contribution in [2.24, 2.45) is 0 Å². The lowest BCUT2D eigenvalue weighted by molar-refractivity contribution is -0.118. The lowest BCUT2D eigenvalue weighted by Gasteiger charge is -2.22. The molecule has 0 radical (unpaired) electrons. The standard InChI is InChI=1S/C14H24N4O/c1-18(2)9-8-16-11-12(10-15)14(19)17-13-6-4-3-5-7-13/h11,13,16H,3-9H2,1-2H3,(H,17,19)/b12-11-. The summed E-state index contributed by atoms with van der Waals surface area (Å²) in [5.74, 6) is -0.258. The van der Waals surface area contributed by atoms with E-state index >= 15 is 0 Å². The Morgan fingerprint density at radius 3 is 2.63 bits per heavy atom. The minimum absolute atomic E-state index is 0.157. The first kappa shape index (κ1) is 15.5. The van der Waals surface area contributed by atoms with Crippen LogP contribution in [0.25, 0.3) is 0 Å². The Balaban J connectivity index is 2.38. The first-order chi connectivity index (χ1) is 9.13. The Morgan fingerprint density at radius 2 is 2.05 bits per heavy atom. The third-order valence-corrected chi connectivity index (χ3v) is 3.26. The van der Waals surface area contributed by atoms with Gasteiger partial charge in [0.05, 0.1) is 0 Å². The second kappa shape index (κ2) is 8.54. The summed E-state index contributed by atoms with van der Waals surface area (Å²) in [5.41, 5.74) is 0.157. The van der Waals surface area contributed by atoms with Crippen LogP contribution < -0.4 is 10.6 Å². The minimum Gasteiger partial charge on any atom is -0.388 e. The maximum atomic E-state index is 11.9. The molecule has 106 valence electrons. The average molecular weight is 264 g/mol. The molecule has 1 aliphatic rings. The molecule has 0 heterocycles. The highest BCUT2D eigenvalue weighted by Crippen LogP contribution is 2.17. The molecule has 5 nitrogen and oxygen atoms in total. The molecule has 0 saturated heterocycles. The first-order valence-corrected chi connectivity index (χ1v) is 6.92. The van der Waals surface area contributed by atoms with Crippen LogP contribution in [0.15, 0.2) is 11.8 Å². The van der Waals surface area contributed by atoms with Gasteiger partial charge >= 0.3 is 0 Å². The molecule has 0 aromatic heterocycles. The summed E-state index contributed by atoms with van der Waals surface area (Å²) in [7, 11) is 3.96. The highest BCUT2D eigenvalue weighted by molar-refractivity contribution is 5.97. The van der Waals surface area contributed by atoms with E-state index < -0.39 is 0 Å². The topological polar surface area (TPSA) is 68.2 Å². The number of nitrogens with zero attached hydrogens (tertiary/aromatic N) is 2. The van der Waals surface area contributed by atoms with Gasteiger partial charge in [0, 0.05) is 25.3 Å². The molecule has 2 N–H and O–H groups in total. The van der Waals surface area contributed by atoms with Gasteiger partial charge in [-0.05, 0) is 26.9 Å². The Morgan fingerprint density at radius 1 is 1.37 bits per heavy atom. The molecular formula is C14H24N4O. The maximum absolute atomic E-state index is 11.9. The third-order valence-electron chi connectivity index (χ3n) is 3.26. The molecule has 1 aliphatic carbocycles. The van der Waals surface area contributed by atoms with Crippen molar-refractivity contribution >= 4 is 5.91 Å². The van der Waals surface area contributed by atoms with Gasteiger partial charge in [0.1, 0.15) is 11.6 Å². The minimum atomic E-state index is -0.258. The molecule has 0 aliphatic heterocycles. The molecule has 0 aromatic carbocycles. The fourth-order valence-corrected chi connectivity index (χ4v) is 2.12. The quantitative estimate of drug-likeness (QED) is 0.426. The van der Waals surface area contributed by atoms with Crippen molar-refractivity contribution in [3.8, 4) is 6.07 Å². The summed E-state index contributed by atoms with van der Waals surface area (Å²) < 4.78 is 0. The molecular weight excluding hydrogens is 240 g/mol.